The molecule has 1 aromatic rings. The van der Waals surface area contributed by atoms with Crippen molar-refractivity contribution in [1.82, 2.24) is 24.6 Å². The van der Waals surface area contributed by atoms with Crippen molar-refractivity contribution < 1.29 is 42.4 Å². The van der Waals surface area contributed by atoms with E-state index in [-0.39, 0.29) is 30.0 Å². The summed E-state index contributed by atoms with van der Waals surface area (Å²) in [6.45, 7) is 8.70. The fourth-order valence-electron chi connectivity index (χ4n) is 4.76. The first kappa shape index (κ1) is 39.9. The van der Waals surface area contributed by atoms with Crippen LogP contribution in [0.15, 0.2) is 18.2 Å². The van der Waals surface area contributed by atoms with Crippen molar-refractivity contribution in [2.24, 2.45) is 0 Å². The van der Waals surface area contributed by atoms with Crippen LogP contribution in [0, 0.1) is 0 Å². The maximum absolute atomic E-state index is 13.0. The van der Waals surface area contributed by atoms with Crippen molar-refractivity contribution in [1.29, 1.82) is 0 Å². The molecule has 1 fully saturated rings. The number of rotatable bonds is 18. The number of imide groups is 1. The van der Waals surface area contributed by atoms with E-state index in [2.05, 4.69) is 20.7 Å². The number of nitrogens with one attached hydrogen (secondary N) is 4. The molecule has 2 unspecified atom stereocenters. The van der Waals surface area contributed by atoms with Gasteiger partial charge < -0.3 is 39.8 Å². The molecule has 0 spiro atoms. The number of ether oxygens (including phenoxy) is 3. The molecule has 1 aromatic carbocycles. The third-order valence-electron chi connectivity index (χ3n) is 6.83. The minimum absolute atomic E-state index is 0.0108. The minimum atomic E-state index is -1.35. The Labute approximate surface area is 279 Å². The van der Waals surface area contributed by atoms with Crippen molar-refractivity contribution in [2.45, 2.75) is 64.1 Å². The minimum Gasteiger partial charge on any atom is -0.444 e. The lowest BCUT2D eigenvalue weighted by atomic mass is 10.1. The topological polar surface area (TPSA) is 185 Å². The Morgan fingerprint density at radius 3 is 2.26 bits per heavy atom. The quantitative estimate of drug-likeness (QED) is 0.0993. The zero-order valence-corrected chi connectivity index (χ0v) is 28.8. The van der Waals surface area contributed by atoms with Gasteiger partial charge in [-0.05, 0) is 66.3 Å². The van der Waals surface area contributed by atoms with Gasteiger partial charge in [-0.3, -0.25) is 14.5 Å². The molecule has 0 radical (unpaired) electrons. The number of benzene rings is 1. The van der Waals surface area contributed by atoms with Crippen LogP contribution in [0.4, 0.5) is 10.5 Å². The van der Waals surface area contributed by atoms with E-state index in [0.717, 1.165) is 4.90 Å². The Morgan fingerprint density at radius 1 is 1.02 bits per heavy atom. The maximum atomic E-state index is 13.0. The van der Waals surface area contributed by atoms with Crippen molar-refractivity contribution in [3.8, 4) is 0 Å². The van der Waals surface area contributed by atoms with Crippen molar-refractivity contribution in [3.05, 3.63) is 29.3 Å². The molecule has 2 aliphatic heterocycles. The number of piperidine rings is 1. The number of aldehydes is 2. The normalized spacial score (nSPS) is 16.5. The van der Waals surface area contributed by atoms with Crippen LogP contribution >= 0.6 is 0 Å². The molecular formula is C31H50N6O9S. The van der Waals surface area contributed by atoms with Crippen LogP contribution in [0.3, 0.4) is 0 Å². The van der Waals surface area contributed by atoms with Gasteiger partial charge in [-0.2, -0.15) is 0 Å². The summed E-state index contributed by atoms with van der Waals surface area (Å²) in [6.07, 6.45) is 2.23. The summed E-state index contributed by atoms with van der Waals surface area (Å²) in [7, 11) is 3.75. The molecule has 0 bridgehead atoms. The Bertz CT molecular complexity index is 1200. The highest BCUT2D eigenvalue weighted by atomic mass is 32.2. The van der Waals surface area contributed by atoms with E-state index in [0.29, 0.717) is 83.7 Å². The van der Waals surface area contributed by atoms with Crippen molar-refractivity contribution in [2.75, 3.05) is 72.0 Å². The Balaban J connectivity index is 0.00000246. The van der Waals surface area contributed by atoms with Gasteiger partial charge in [0, 0.05) is 44.3 Å². The average molecular weight is 683 g/mol. The summed E-state index contributed by atoms with van der Waals surface area (Å²) < 4.78 is 33.7. The molecule has 47 heavy (non-hydrogen) atoms. The molecule has 0 saturated carbocycles. The highest BCUT2D eigenvalue weighted by molar-refractivity contribution is 7.80. The number of nitrogens with zero attached hydrogens (tertiary/aromatic N) is 2. The second-order valence-corrected chi connectivity index (χ2v) is 13.1. The second kappa shape index (κ2) is 20.8. The monoisotopic (exact) mass is 682 g/mol. The van der Waals surface area contributed by atoms with Gasteiger partial charge in [0.15, 0.2) is 11.2 Å². The van der Waals surface area contributed by atoms with E-state index in [1.165, 1.54) is 6.07 Å². The van der Waals surface area contributed by atoms with Gasteiger partial charge in [-0.15, -0.1) is 0 Å². The molecule has 16 heteroatoms. The molecule has 0 aromatic heterocycles. The molecule has 15 nitrogen and oxygen atoms in total. The van der Waals surface area contributed by atoms with Crippen LogP contribution in [-0.2, 0) is 35.0 Å². The fraction of sp³-hybridized carbons (Fsp3) is 0.645. The van der Waals surface area contributed by atoms with Crippen LogP contribution < -0.4 is 20.7 Å². The Morgan fingerprint density at radius 2 is 1.66 bits per heavy atom. The molecular weight excluding hydrogens is 632 g/mol. The van der Waals surface area contributed by atoms with Crippen LogP contribution in [-0.4, -0.2) is 128 Å². The van der Waals surface area contributed by atoms with E-state index in [1.807, 2.05) is 39.2 Å². The first-order valence-corrected chi connectivity index (χ1v) is 16.9. The molecule has 2 aliphatic rings. The molecule has 1 saturated heterocycles. The van der Waals surface area contributed by atoms with E-state index in [9.17, 15) is 28.2 Å². The van der Waals surface area contributed by atoms with E-state index in [1.54, 1.807) is 12.1 Å². The number of carbonyl (C=O) groups is 5. The molecule has 4 N–H and O–H groups in total. The summed E-state index contributed by atoms with van der Waals surface area (Å²) in [6, 6.07) is 3.86. The number of carbonyl (C=O) groups excluding carboxylic acids is 5. The molecule has 3 rings (SSSR count). The number of alkyl carbamates (subject to hydrolysis) is 1. The zero-order chi connectivity index (χ0) is 34.8. The van der Waals surface area contributed by atoms with E-state index < -0.39 is 40.7 Å². The largest absolute Gasteiger partial charge is 0.444 e. The number of amides is 3. The molecule has 2 atom stereocenters. The third kappa shape index (κ3) is 13.4. The molecule has 0 aliphatic carbocycles. The average Bonchev–Trinajstić information content (AvgIpc) is 3.28. The van der Waals surface area contributed by atoms with E-state index in [4.69, 9.17) is 14.2 Å². The van der Waals surface area contributed by atoms with Crippen LogP contribution in [0.25, 0.3) is 0 Å². The number of anilines is 1. The number of hydrogen-bond acceptors (Lipinski definition) is 11. The van der Waals surface area contributed by atoms with Gasteiger partial charge >= 0.3 is 6.09 Å². The number of fused-ring (bicyclic) bond motifs is 1. The van der Waals surface area contributed by atoms with Gasteiger partial charge in [-0.1, -0.05) is 6.07 Å². The first-order chi connectivity index (χ1) is 22.5. The van der Waals surface area contributed by atoms with Gasteiger partial charge in [-0.25, -0.2) is 18.0 Å². The molecule has 2 heterocycles. The lowest BCUT2D eigenvalue weighted by Gasteiger charge is -2.31. The molecule has 3 amide bonds. The summed E-state index contributed by atoms with van der Waals surface area (Å²) >= 11 is -1.35. The highest BCUT2D eigenvalue weighted by Crippen LogP contribution is 2.31. The lowest BCUT2D eigenvalue weighted by Crippen LogP contribution is -2.48. The Kier molecular flexibility index (Phi) is 17.7. The first-order valence-electron chi connectivity index (χ1n) is 15.7. The fourth-order valence-corrected chi connectivity index (χ4v) is 5.74. The lowest BCUT2D eigenvalue weighted by molar-refractivity contribution is -0.112. The van der Waals surface area contributed by atoms with Crippen LogP contribution in [0.5, 0.6) is 0 Å². The Hall–Kier alpha value is -3.28. The van der Waals surface area contributed by atoms with Crippen molar-refractivity contribution >= 4 is 47.3 Å². The van der Waals surface area contributed by atoms with Crippen LogP contribution in [0.1, 0.15) is 67.2 Å². The van der Waals surface area contributed by atoms with Gasteiger partial charge in [0.05, 0.1) is 43.6 Å². The van der Waals surface area contributed by atoms with Gasteiger partial charge in [0.1, 0.15) is 18.2 Å². The van der Waals surface area contributed by atoms with E-state index >= 15 is 0 Å². The predicted octanol–water partition coefficient (Wildman–Crippen LogP) is 1.27. The van der Waals surface area contributed by atoms with Crippen molar-refractivity contribution in [3.63, 3.8) is 0 Å². The summed E-state index contributed by atoms with van der Waals surface area (Å²) in [5, 5.41) is 8.72. The predicted molar refractivity (Wildman–Crippen MR) is 177 cm³/mol. The zero-order valence-electron chi connectivity index (χ0n) is 28.0. The summed E-state index contributed by atoms with van der Waals surface area (Å²) in [5.41, 5.74) is 0.322. The molecule has 264 valence electrons. The summed E-state index contributed by atoms with van der Waals surface area (Å²) in [4.78, 5) is 60.9. The highest BCUT2D eigenvalue weighted by Gasteiger charge is 2.41. The standard InChI is InChI=1S/C29H43N5O9S.C2H7N/c1-29(2,3)43-28(39)32-21-9-13-33(14-10-21)44(40)31-12-17-42-19-18-41-16-11-30-24-8-4-7-23-25(24)27(38)34(26(23)37)22(20-36)6-5-15-35;1-3-2/h4,7-8,15,20-22,30-31H,5-6,9-14,16-19H2,1-3H3,(H,32,39);3H,1-2H3. The SMILES string of the molecule is CC(C)(C)OC(=O)NC1CCN(S(=O)NCCOCCOCCNc2cccc3c2C(=O)N(C(C=O)CCC=O)C3=O)CC1.CNC. The number of hydrogen-bond donors (Lipinski definition) is 4. The van der Waals surface area contributed by atoms with Crippen LogP contribution in [0.2, 0.25) is 0 Å². The second-order valence-electron chi connectivity index (χ2n) is 11.8. The van der Waals surface area contributed by atoms with Gasteiger partial charge in [0.2, 0.25) is 0 Å². The third-order valence-corrected chi connectivity index (χ3v) is 8.12. The smallest absolute Gasteiger partial charge is 0.407 e. The summed E-state index contributed by atoms with van der Waals surface area (Å²) in [5.74, 6) is -1.12. The maximum Gasteiger partial charge on any atom is 0.407 e. The van der Waals surface area contributed by atoms with Gasteiger partial charge in [0.25, 0.3) is 11.8 Å².